The van der Waals surface area contributed by atoms with E-state index >= 15 is 0 Å². The minimum atomic E-state index is -1.85. The first-order valence-corrected chi connectivity index (χ1v) is 14.1. The molecule has 2 rings (SSSR count). The molecule has 1 fully saturated rings. The Morgan fingerprint density at radius 2 is 1.73 bits per heavy atom. The van der Waals surface area contributed by atoms with Crippen molar-refractivity contribution in [2.24, 2.45) is 11.3 Å². The lowest BCUT2D eigenvalue weighted by Crippen LogP contribution is -2.66. The molecule has 1 aliphatic rings. The van der Waals surface area contributed by atoms with E-state index in [1.165, 1.54) is 0 Å². The molecule has 0 aliphatic carbocycles. The van der Waals surface area contributed by atoms with Crippen LogP contribution in [0.1, 0.15) is 86.0 Å². The number of Topliss-reactive ketones (excluding diaryl/α,β-unsaturated/α-hetero) is 1. The molecular weight excluding hydrogens is 548 g/mol. The zero-order valence-electron chi connectivity index (χ0n) is 24.4. The van der Waals surface area contributed by atoms with Crippen LogP contribution < -0.4 is 15.4 Å². The summed E-state index contributed by atoms with van der Waals surface area (Å²) >= 11 is 0. The maximum atomic E-state index is 14.0. The van der Waals surface area contributed by atoms with E-state index in [2.05, 4.69) is 31.4 Å². The largest absolute Gasteiger partial charge is 0.481 e. The molecule has 0 bridgehead atoms. The smallest absolute Gasteiger partial charge is 0.305 e. The van der Waals surface area contributed by atoms with Gasteiger partial charge in [0.1, 0.15) is 18.4 Å². The minimum Gasteiger partial charge on any atom is -0.481 e. The molecule has 1 unspecified atom stereocenters. The average molecular weight is 591 g/mol. The van der Waals surface area contributed by atoms with E-state index in [-0.39, 0.29) is 17.4 Å². The average Bonchev–Trinajstić information content (AvgIpc) is 2.90. The molecule has 1 amide bonds. The number of carbonyl (C=O) groups is 3. The lowest BCUT2D eigenvalue weighted by Gasteiger charge is -2.51. The predicted molar refractivity (Wildman–Crippen MR) is 143 cm³/mol. The van der Waals surface area contributed by atoms with Crippen molar-refractivity contribution in [2.45, 2.75) is 104 Å². The van der Waals surface area contributed by atoms with Crippen LogP contribution in [-0.2, 0) is 19.1 Å². The van der Waals surface area contributed by atoms with Crippen LogP contribution in [-0.4, -0.2) is 53.8 Å². The number of amides is 1. The molecule has 1 aromatic rings. The Morgan fingerprint density at radius 1 is 1.10 bits per heavy atom. The molecule has 232 valence electrons. The van der Waals surface area contributed by atoms with Gasteiger partial charge in [-0.05, 0) is 31.6 Å². The van der Waals surface area contributed by atoms with Gasteiger partial charge in [-0.3, -0.25) is 19.7 Å². The molecule has 0 aromatic heterocycles. The number of carboxylic acid groups (broad SMARTS) is 1. The fourth-order valence-electron chi connectivity index (χ4n) is 5.05. The Morgan fingerprint density at radius 3 is 2.24 bits per heavy atom. The number of rotatable bonds is 16. The summed E-state index contributed by atoms with van der Waals surface area (Å²) in [4.78, 5) is 37.9. The lowest BCUT2D eigenvalue weighted by atomic mass is 9.72. The highest BCUT2D eigenvalue weighted by atomic mass is 19.2. The third kappa shape index (κ3) is 8.88. The number of benzene rings is 1. The SMILES string of the molecule is CCCCCC(C)(C)C1(N[C@H](C(=O)N[C@@H](CC(=O)O)C(=O)COc2c(F)c(F)cc(F)c2F)C(C)C)CCCCO1. The number of ether oxygens (including phenoxy) is 2. The summed E-state index contributed by atoms with van der Waals surface area (Å²) in [5.74, 6) is -12.1. The Bertz CT molecular complexity index is 1050. The van der Waals surface area contributed by atoms with Crippen molar-refractivity contribution in [3.8, 4) is 5.75 Å². The summed E-state index contributed by atoms with van der Waals surface area (Å²) in [7, 11) is 0. The quantitative estimate of drug-likeness (QED) is 0.137. The van der Waals surface area contributed by atoms with Crippen molar-refractivity contribution in [3.63, 3.8) is 0 Å². The number of hydrogen-bond donors (Lipinski definition) is 3. The molecule has 12 heteroatoms. The maximum absolute atomic E-state index is 14.0. The topological polar surface area (TPSA) is 114 Å². The van der Waals surface area contributed by atoms with E-state index < -0.39 is 77.5 Å². The lowest BCUT2D eigenvalue weighted by molar-refractivity contribution is -0.183. The van der Waals surface area contributed by atoms with Gasteiger partial charge in [0.2, 0.25) is 17.5 Å². The van der Waals surface area contributed by atoms with E-state index in [9.17, 15) is 37.1 Å². The summed E-state index contributed by atoms with van der Waals surface area (Å²) in [6.45, 7) is 9.21. The molecule has 8 nitrogen and oxygen atoms in total. The molecule has 3 atom stereocenters. The highest BCUT2D eigenvalue weighted by Gasteiger charge is 2.49. The van der Waals surface area contributed by atoms with Gasteiger partial charge in [0.15, 0.2) is 23.2 Å². The number of carboxylic acids is 1. The van der Waals surface area contributed by atoms with Crippen LogP contribution in [0, 0.1) is 34.6 Å². The first kappa shape index (κ1) is 34.5. The van der Waals surface area contributed by atoms with Crippen LogP contribution in [0.2, 0.25) is 0 Å². The summed E-state index contributed by atoms with van der Waals surface area (Å²) in [5.41, 5.74) is -1.22. The number of hydrogen-bond acceptors (Lipinski definition) is 6. The summed E-state index contributed by atoms with van der Waals surface area (Å²) in [5, 5.41) is 15.2. The highest BCUT2D eigenvalue weighted by molar-refractivity contribution is 5.94. The molecule has 0 saturated carbocycles. The summed E-state index contributed by atoms with van der Waals surface area (Å²) in [6, 6.07) is -2.55. The van der Waals surface area contributed by atoms with Gasteiger partial charge in [0.25, 0.3) is 0 Å². The van der Waals surface area contributed by atoms with Gasteiger partial charge >= 0.3 is 5.97 Å². The number of aliphatic carboxylic acids is 1. The van der Waals surface area contributed by atoms with E-state index in [4.69, 9.17) is 9.47 Å². The monoisotopic (exact) mass is 590 g/mol. The van der Waals surface area contributed by atoms with Gasteiger partial charge < -0.3 is 19.9 Å². The molecular formula is C29H42F4N2O6. The van der Waals surface area contributed by atoms with E-state index in [1.54, 1.807) is 13.8 Å². The Labute approximate surface area is 238 Å². The van der Waals surface area contributed by atoms with Crippen LogP contribution >= 0.6 is 0 Å². The first-order valence-electron chi connectivity index (χ1n) is 14.1. The third-order valence-electron chi connectivity index (χ3n) is 7.62. The molecule has 0 spiro atoms. The van der Waals surface area contributed by atoms with Crippen molar-refractivity contribution >= 4 is 17.7 Å². The number of carbonyl (C=O) groups excluding carboxylic acids is 2. The standard InChI is InChI=1S/C29H42F4N2O6/c1-6-7-8-11-28(4,5)29(12-9-10-13-41-29)35-25(17(2)3)27(39)34-20(15-22(37)38)21(36)16-40-26-23(32)18(30)14-19(31)24(26)33/h14,17,20,25,35H,6-13,15-16H2,1-5H3,(H,34,39)(H,37,38)/t20-,25-,29?/m0/s1. The van der Waals surface area contributed by atoms with Gasteiger partial charge in [-0.25, -0.2) is 8.78 Å². The van der Waals surface area contributed by atoms with Gasteiger partial charge in [0.05, 0.1) is 12.5 Å². The molecule has 3 N–H and O–H groups in total. The fraction of sp³-hybridized carbons (Fsp3) is 0.690. The maximum Gasteiger partial charge on any atom is 0.305 e. The summed E-state index contributed by atoms with van der Waals surface area (Å²) < 4.78 is 66.0. The molecule has 0 radical (unpaired) electrons. The van der Waals surface area contributed by atoms with Crippen LogP contribution in [0.3, 0.4) is 0 Å². The van der Waals surface area contributed by atoms with Crippen LogP contribution in [0.15, 0.2) is 6.07 Å². The number of halogens is 4. The first-order chi connectivity index (χ1) is 19.2. The Kier molecular flexibility index (Phi) is 12.6. The van der Waals surface area contributed by atoms with Crippen LogP contribution in [0.25, 0.3) is 0 Å². The molecule has 1 aliphatic heterocycles. The molecule has 1 aromatic carbocycles. The zero-order valence-corrected chi connectivity index (χ0v) is 24.4. The highest BCUT2D eigenvalue weighted by Crippen LogP contribution is 2.43. The zero-order chi connectivity index (χ0) is 31.0. The summed E-state index contributed by atoms with van der Waals surface area (Å²) in [6.07, 6.45) is 5.45. The minimum absolute atomic E-state index is 0.0141. The fourth-order valence-corrected chi connectivity index (χ4v) is 5.05. The second-order valence-corrected chi connectivity index (χ2v) is 11.6. The van der Waals surface area contributed by atoms with Crippen molar-refractivity contribution in [3.05, 3.63) is 29.3 Å². The van der Waals surface area contributed by atoms with Crippen LogP contribution in [0.4, 0.5) is 17.6 Å². The van der Waals surface area contributed by atoms with Gasteiger partial charge in [-0.1, -0.05) is 53.9 Å². The second kappa shape index (κ2) is 14.9. The second-order valence-electron chi connectivity index (χ2n) is 11.6. The Hall–Kier alpha value is -2.73. The van der Waals surface area contributed by atoms with E-state index in [0.29, 0.717) is 13.0 Å². The third-order valence-corrected chi connectivity index (χ3v) is 7.62. The van der Waals surface area contributed by atoms with E-state index in [1.807, 2.05) is 0 Å². The Balaban J connectivity index is 2.26. The van der Waals surface area contributed by atoms with Gasteiger partial charge in [0, 0.05) is 18.1 Å². The molecule has 41 heavy (non-hydrogen) atoms. The molecule has 1 heterocycles. The predicted octanol–water partition coefficient (Wildman–Crippen LogP) is 5.27. The van der Waals surface area contributed by atoms with Crippen molar-refractivity contribution in [2.75, 3.05) is 13.2 Å². The molecule has 1 saturated heterocycles. The number of nitrogens with one attached hydrogen (secondary N) is 2. The normalized spacial score (nSPS) is 19.1. The number of unbranched alkanes of at least 4 members (excludes halogenated alkanes) is 2. The van der Waals surface area contributed by atoms with E-state index in [0.717, 1.165) is 38.5 Å². The van der Waals surface area contributed by atoms with Gasteiger partial charge in [-0.2, -0.15) is 8.78 Å². The van der Waals surface area contributed by atoms with Crippen LogP contribution in [0.5, 0.6) is 5.75 Å². The van der Waals surface area contributed by atoms with Crippen molar-refractivity contribution in [1.29, 1.82) is 0 Å². The van der Waals surface area contributed by atoms with Crippen molar-refractivity contribution in [1.82, 2.24) is 10.6 Å². The van der Waals surface area contributed by atoms with Gasteiger partial charge in [-0.15, -0.1) is 0 Å². The number of ketones is 1. The van der Waals surface area contributed by atoms with Crippen molar-refractivity contribution < 1.29 is 46.5 Å².